The Bertz CT molecular complexity index is 2250. The van der Waals surface area contributed by atoms with E-state index in [0.717, 1.165) is 56.4 Å². The van der Waals surface area contributed by atoms with E-state index < -0.39 is 0 Å². The average Bonchev–Trinajstić information content (AvgIpc) is 3.70. The number of hydrogen-bond acceptors (Lipinski definition) is 0. The molecule has 0 saturated heterocycles. The van der Waals surface area contributed by atoms with Crippen LogP contribution in [0, 0.1) is 23.7 Å². The number of allylic oxidation sites excluding steroid dienone is 29. The van der Waals surface area contributed by atoms with Crippen molar-refractivity contribution < 1.29 is 0 Å². The Balaban J connectivity index is 1.09. The second-order valence-electron chi connectivity index (χ2n) is 16.2. The van der Waals surface area contributed by atoms with E-state index in [4.69, 9.17) is 0 Å². The van der Waals surface area contributed by atoms with Gasteiger partial charge in [0.05, 0.1) is 0 Å². The average molecular weight is 701 g/mol. The fraction of sp³-hybridized carbons (Fsp3) is 0.278. The van der Waals surface area contributed by atoms with Crippen molar-refractivity contribution in [2.24, 2.45) is 23.7 Å². The van der Waals surface area contributed by atoms with Gasteiger partial charge in [-0.3, -0.25) is 0 Å². The van der Waals surface area contributed by atoms with Gasteiger partial charge in [0, 0.05) is 17.8 Å². The number of hydrogen-bond donors (Lipinski definition) is 0. The second-order valence-corrected chi connectivity index (χ2v) is 16.2. The lowest BCUT2D eigenvalue weighted by molar-refractivity contribution is 0.553. The predicted octanol–water partition coefficient (Wildman–Crippen LogP) is 13.8. The Labute approximate surface area is 323 Å². The predicted molar refractivity (Wildman–Crippen MR) is 230 cm³/mol. The zero-order valence-corrected chi connectivity index (χ0v) is 31.7. The van der Waals surface area contributed by atoms with E-state index in [9.17, 15) is 0 Å². The normalized spacial score (nSPS) is 27.7. The summed E-state index contributed by atoms with van der Waals surface area (Å²) < 4.78 is 0. The standard InChI is InChI=1S/C54H52/c1-38-14-4-2-6-22-48(38)54(45-31-29-44(30-32-45)50-25-13-21-42-18-10-11-24-49(42)50)52-35-34-43-17-5-3-7-23-51(43)53(52)36-39-15-12-20-41(27-26-39)47-33-28-40-16-8-9-19-46(40)37-47/h2,4,7,9-15,18-25,29,31,33-35,37,40-42,49H,1,3,5,8,16-17,26-28,30,32,36H2/b54-48-/t40?,41?,42?,49-/m0/s1. The summed E-state index contributed by atoms with van der Waals surface area (Å²) in [5, 5.41) is 0. The van der Waals surface area contributed by atoms with E-state index in [-0.39, 0.29) is 0 Å². The highest BCUT2D eigenvalue weighted by atomic mass is 14.3. The van der Waals surface area contributed by atoms with Gasteiger partial charge in [-0.2, -0.15) is 0 Å². The Morgan fingerprint density at radius 2 is 1.69 bits per heavy atom. The Hall–Kier alpha value is -5.16. The quantitative estimate of drug-likeness (QED) is 0.259. The number of fused-ring (bicyclic) bond motifs is 3. The van der Waals surface area contributed by atoms with E-state index in [1.165, 1.54) is 86.9 Å². The first-order chi connectivity index (χ1) is 26.7. The van der Waals surface area contributed by atoms with Crippen LogP contribution in [0.25, 0.3) is 11.6 Å². The van der Waals surface area contributed by atoms with Crippen LogP contribution in [0.3, 0.4) is 0 Å². The van der Waals surface area contributed by atoms with Gasteiger partial charge >= 0.3 is 0 Å². The maximum Gasteiger partial charge on any atom is 0.0122 e. The molecular formula is C54H52. The van der Waals surface area contributed by atoms with Gasteiger partial charge in [0.25, 0.3) is 0 Å². The van der Waals surface area contributed by atoms with E-state index >= 15 is 0 Å². The minimum atomic E-state index is 0.426. The summed E-state index contributed by atoms with van der Waals surface area (Å²) in [6, 6.07) is 4.88. The lowest BCUT2D eigenvalue weighted by Crippen LogP contribution is -2.17. The van der Waals surface area contributed by atoms with Crippen LogP contribution in [0.15, 0.2) is 197 Å². The Morgan fingerprint density at radius 1 is 0.778 bits per heavy atom. The van der Waals surface area contributed by atoms with Gasteiger partial charge in [0.15, 0.2) is 0 Å². The highest BCUT2D eigenvalue weighted by Crippen LogP contribution is 2.44. The fourth-order valence-corrected chi connectivity index (χ4v) is 9.88. The van der Waals surface area contributed by atoms with Gasteiger partial charge in [-0.15, -0.1) is 5.73 Å². The minimum absolute atomic E-state index is 0.426. The van der Waals surface area contributed by atoms with Crippen molar-refractivity contribution in [3.8, 4) is 0 Å². The molecule has 0 spiro atoms. The third-order valence-corrected chi connectivity index (χ3v) is 12.9. The van der Waals surface area contributed by atoms with Crippen molar-refractivity contribution >= 4 is 11.6 Å². The summed E-state index contributed by atoms with van der Waals surface area (Å²) in [6.45, 7) is 4.61. The third-order valence-electron chi connectivity index (χ3n) is 12.9. The van der Waals surface area contributed by atoms with E-state index in [2.05, 4.69) is 152 Å². The maximum absolute atomic E-state index is 4.61. The van der Waals surface area contributed by atoms with Crippen molar-refractivity contribution in [2.75, 3.05) is 0 Å². The van der Waals surface area contributed by atoms with Crippen molar-refractivity contribution in [3.05, 3.63) is 219 Å². The molecular weight excluding hydrogens is 649 g/mol. The highest BCUT2D eigenvalue weighted by molar-refractivity contribution is 5.90. The molecule has 4 atom stereocenters. The van der Waals surface area contributed by atoms with Crippen molar-refractivity contribution in [1.82, 2.24) is 0 Å². The van der Waals surface area contributed by atoms with Crippen LogP contribution < -0.4 is 0 Å². The molecule has 1 aromatic carbocycles. The Kier molecular flexibility index (Phi) is 10.0. The first-order valence-electron chi connectivity index (χ1n) is 20.6. The summed E-state index contributed by atoms with van der Waals surface area (Å²) in [7, 11) is 0. The van der Waals surface area contributed by atoms with Crippen LogP contribution in [0.2, 0.25) is 0 Å². The molecule has 0 aliphatic heterocycles. The van der Waals surface area contributed by atoms with Gasteiger partial charge in [0.2, 0.25) is 0 Å². The molecule has 1 aromatic rings. The minimum Gasteiger partial charge on any atom is -0.120 e. The molecule has 54 heavy (non-hydrogen) atoms. The smallest absolute Gasteiger partial charge is 0.0122 e. The Morgan fingerprint density at radius 3 is 2.63 bits per heavy atom. The molecule has 0 heterocycles. The monoisotopic (exact) mass is 700 g/mol. The highest BCUT2D eigenvalue weighted by Gasteiger charge is 2.28. The topological polar surface area (TPSA) is 0 Å². The molecule has 0 bridgehead atoms. The van der Waals surface area contributed by atoms with E-state index in [0.29, 0.717) is 17.8 Å². The summed E-state index contributed by atoms with van der Waals surface area (Å²) in [5.41, 5.74) is 21.7. The molecule has 3 unspecified atom stereocenters. The molecule has 268 valence electrons. The lowest BCUT2D eigenvalue weighted by Gasteiger charge is -2.30. The van der Waals surface area contributed by atoms with Crippen LogP contribution in [0.4, 0.5) is 0 Å². The summed E-state index contributed by atoms with van der Waals surface area (Å²) in [6.07, 6.45) is 63.7. The number of aryl methyl sites for hydroxylation is 1. The lowest BCUT2D eigenvalue weighted by atomic mass is 9.74. The van der Waals surface area contributed by atoms with Gasteiger partial charge in [-0.05, 0) is 156 Å². The first-order valence-corrected chi connectivity index (χ1v) is 20.6. The molecule has 0 radical (unpaired) electrons. The third kappa shape index (κ3) is 7.09. The van der Waals surface area contributed by atoms with Crippen molar-refractivity contribution in [1.29, 1.82) is 0 Å². The van der Waals surface area contributed by atoms with Crippen LogP contribution in [0.5, 0.6) is 0 Å². The molecule has 8 aliphatic carbocycles. The molecule has 0 saturated carbocycles. The summed E-state index contributed by atoms with van der Waals surface area (Å²) in [5.74, 6) is 2.07. The van der Waals surface area contributed by atoms with Crippen molar-refractivity contribution in [2.45, 2.75) is 70.6 Å². The van der Waals surface area contributed by atoms with Crippen LogP contribution in [0.1, 0.15) is 80.0 Å². The maximum atomic E-state index is 4.61. The number of benzene rings is 1. The number of rotatable bonds is 6. The molecule has 0 aromatic heterocycles. The second kappa shape index (κ2) is 15.7. The van der Waals surface area contributed by atoms with Gasteiger partial charge in [0.1, 0.15) is 0 Å². The van der Waals surface area contributed by atoms with Crippen LogP contribution in [-0.4, -0.2) is 0 Å². The van der Waals surface area contributed by atoms with Gasteiger partial charge in [-0.1, -0.05) is 146 Å². The molecule has 0 amide bonds. The zero-order valence-electron chi connectivity index (χ0n) is 31.7. The van der Waals surface area contributed by atoms with Crippen molar-refractivity contribution in [3.63, 3.8) is 0 Å². The van der Waals surface area contributed by atoms with Crippen LogP contribution in [-0.2, 0) is 12.8 Å². The summed E-state index contributed by atoms with van der Waals surface area (Å²) >= 11 is 0. The molecule has 9 rings (SSSR count). The van der Waals surface area contributed by atoms with Crippen LogP contribution >= 0.6 is 0 Å². The van der Waals surface area contributed by atoms with Gasteiger partial charge < -0.3 is 0 Å². The molecule has 8 aliphatic rings. The van der Waals surface area contributed by atoms with E-state index in [1.807, 2.05) is 6.08 Å². The molecule has 0 N–H and O–H groups in total. The SMILES string of the molecule is C=C1C=CC=C=C/C1=C(\C1=CC=C(C2=CC=CC3C=CC=C[C@H]23)CC1)c1ccc2c(c1CC1=CC=CC(C3=CCC4CCC=CC4=C3)CC1)C=CCCC2. The van der Waals surface area contributed by atoms with E-state index in [1.54, 1.807) is 5.57 Å². The zero-order chi connectivity index (χ0) is 36.3. The largest absolute Gasteiger partial charge is 0.120 e. The fourth-order valence-electron chi connectivity index (χ4n) is 9.88. The molecule has 0 heteroatoms. The molecule has 0 nitrogen and oxygen atoms in total. The molecule has 0 fully saturated rings. The first kappa shape index (κ1) is 34.6. The summed E-state index contributed by atoms with van der Waals surface area (Å²) in [4.78, 5) is 0. The van der Waals surface area contributed by atoms with Gasteiger partial charge in [-0.25, -0.2) is 0 Å².